The third-order valence-corrected chi connectivity index (χ3v) is 2.00. The van der Waals surface area contributed by atoms with Crippen LogP contribution in [0.1, 0.15) is 43.7 Å². The van der Waals surface area contributed by atoms with E-state index in [1.165, 1.54) is 0 Å². The van der Waals surface area contributed by atoms with Crippen LogP contribution in [-0.4, -0.2) is 22.1 Å². The lowest BCUT2D eigenvalue weighted by atomic mass is 9.87. The van der Waals surface area contributed by atoms with E-state index < -0.39 is 5.91 Å². The minimum atomic E-state index is -0.695. The lowest BCUT2D eigenvalue weighted by Gasteiger charge is -2.21. The van der Waals surface area contributed by atoms with Crippen molar-refractivity contribution >= 4 is 5.91 Å². The number of primary amides is 1. The molecule has 0 aromatic carbocycles. The van der Waals surface area contributed by atoms with Crippen LogP contribution in [0, 0.1) is 5.41 Å². The number of carbonyl (C=O) groups excluding carboxylic acids is 1. The summed E-state index contributed by atoms with van der Waals surface area (Å²) in [5.41, 5.74) is 11.1. The lowest BCUT2D eigenvalue weighted by Crippen LogP contribution is -2.28. The van der Waals surface area contributed by atoms with Gasteiger partial charge in [0.05, 0.1) is 0 Å². The number of hydrogen-bond acceptors (Lipinski definition) is 5. The Morgan fingerprint density at radius 3 is 2.56 bits per heavy atom. The van der Waals surface area contributed by atoms with E-state index in [1.807, 2.05) is 0 Å². The van der Waals surface area contributed by atoms with Gasteiger partial charge in [0.2, 0.25) is 5.89 Å². The van der Waals surface area contributed by atoms with Gasteiger partial charge >= 0.3 is 0 Å². The van der Waals surface area contributed by atoms with Crippen LogP contribution in [0.15, 0.2) is 4.52 Å². The molecule has 1 heterocycles. The average molecular weight is 226 g/mol. The summed E-state index contributed by atoms with van der Waals surface area (Å²) in [6, 6.07) is -0.0684. The van der Waals surface area contributed by atoms with Crippen molar-refractivity contribution in [2.24, 2.45) is 16.9 Å². The zero-order valence-corrected chi connectivity index (χ0v) is 9.86. The van der Waals surface area contributed by atoms with E-state index in [1.54, 1.807) is 0 Å². The number of hydrogen-bond donors (Lipinski definition) is 2. The molecule has 0 saturated carbocycles. The molecule has 1 unspecified atom stereocenters. The van der Waals surface area contributed by atoms with Crippen molar-refractivity contribution in [3.8, 4) is 0 Å². The van der Waals surface area contributed by atoms with Gasteiger partial charge in [0.25, 0.3) is 11.7 Å². The van der Waals surface area contributed by atoms with Gasteiger partial charge in [0.15, 0.2) is 0 Å². The fraction of sp³-hybridized carbons (Fsp3) is 0.700. The highest BCUT2D eigenvalue weighted by Crippen LogP contribution is 2.21. The lowest BCUT2D eigenvalue weighted by molar-refractivity contribution is 0.0987. The molecule has 0 aliphatic heterocycles. The summed E-state index contributed by atoms with van der Waals surface area (Å²) in [4.78, 5) is 14.6. The highest BCUT2D eigenvalue weighted by molar-refractivity contribution is 5.88. The standard InChI is InChI=1S/C10H18N4O2/c1-10(2,3)5-6(11)4-7-13-9(8(12)15)14-16-7/h6H,4-5,11H2,1-3H3,(H2,12,15). The molecule has 1 aromatic rings. The number of nitrogens with two attached hydrogens (primary N) is 2. The number of rotatable bonds is 4. The van der Waals surface area contributed by atoms with Crippen LogP contribution in [0.3, 0.4) is 0 Å². The van der Waals surface area contributed by atoms with Gasteiger partial charge in [-0.25, -0.2) is 0 Å². The molecule has 0 radical (unpaired) electrons. The van der Waals surface area contributed by atoms with Crippen LogP contribution in [-0.2, 0) is 6.42 Å². The summed E-state index contributed by atoms with van der Waals surface area (Å²) in [6.07, 6.45) is 1.29. The highest BCUT2D eigenvalue weighted by atomic mass is 16.5. The molecule has 0 fully saturated rings. The minimum Gasteiger partial charge on any atom is -0.363 e. The fourth-order valence-corrected chi connectivity index (χ4v) is 1.52. The van der Waals surface area contributed by atoms with Crippen LogP contribution in [0.5, 0.6) is 0 Å². The van der Waals surface area contributed by atoms with E-state index in [4.69, 9.17) is 16.0 Å². The van der Waals surface area contributed by atoms with Crippen molar-refractivity contribution in [3.63, 3.8) is 0 Å². The second-order valence-electron chi connectivity index (χ2n) is 5.10. The van der Waals surface area contributed by atoms with Gasteiger partial charge in [0, 0.05) is 12.5 Å². The Bertz CT molecular complexity index is 367. The first-order valence-corrected chi connectivity index (χ1v) is 5.16. The predicted octanol–water partition coefficient (Wildman–Crippen LogP) is 0.475. The maximum absolute atomic E-state index is 10.7. The SMILES string of the molecule is CC(C)(C)CC(N)Cc1nc(C(N)=O)no1. The van der Waals surface area contributed by atoms with E-state index in [-0.39, 0.29) is 17.3 Å². The van der Waals surface area contributed by atoms with E-state index in [0.29, 0.717) is 12.3 Å². The van der Waals surface area contributed by atoms with Gasteiger partial charge in [0.1, 0.15) is 0 Å². The topological polar surface area (TPSA) is 108 Å². The molecular formula is C10H18N4O2. The highest BCUT2D eigenvalue weighted by Gasteiger charge is 2.19. The van der Waals surface area contributed by atoms with Crippen molar-refractivity contribution in [3.05, 3.63) is 11.7 Å². The van der Waals surface area contributed by atoms with Crippen LogP contribution in [0.25, 0.3) is 0 Å². The quantitative estimate of drug-likeness (QED) is 0.776. The zero-order valence-electron chi connectivity index (χ0n) is 9.86. The van der Waals surface area contributed by atoms with Crippen molar-refractivity contribution in [1.82, 2.24) is 10.1 Å². The maximum atomic E-state index is 10.7. The van der Waals surface area contributed by atoms with Gasteiger partial charge in [-0.05, 0) is 11.8 Å². The molecule has 4 N–H and O–H groups in total. The fourth-order valence-electron chi connectivity index (χ4n) is 1.52. The van der Waals surface area contributed by atoms with Crippen LogP contribution in [0.4, 0.5) is 0 Å². The molecule has 1 atom stereocenters. The summed E-state index contributed by atoms with van der Waals surface area (Å²) in [6.45, 7) is 6.32. The monoisotopic (exact) mass is 226 g/mol. The van der Waals surface area contributed by atoms with Crippen LogP contribution >= 0.6 is 0 Å². The first-order chi connectivity index (χ1) is 7.28. The molecule has 6 nitrogen and oxygen atoms in total. The summed E-state index contributed by atoms with van der Waals surface area (Å²) < 4.78 is 4.87. The van der Waals surface area contributed by atoms with Crippen LogP contribution < -0.4 is 11.5 Å². The molecule has 16 heavy (non-hydrogen) atoms. The Morgan fingerprint density at radius 1 is 1.50 bits per heavy atom. The Kier molecular flexibility index (Phi) is 3.64. The molecule has 0 aliphatic rings. The van der Waals surface area contributed by atoms with Crippen molar-refractivity contribution in [1.29, 1.82) is 0 Å². The van der Waals surface area contributed by atoms with Gasteiger partial charge in [-0.2, -0.15) is 4.98 Å². The molecule has 0 bridgehead atoms. The first kappa shape index (κ1) is 12.6. The van der Waals surface area contributed by atoms with Gasteiger partial charge in [-0.3, -0.25) is 4.79 Å². The molecule has 1 rings (SSSR count). The minimum absolute atomic E-state index is 0.0684. The normalized spacial score (nSPS) is 13.8. The van der Waals surface area contributed by atoms with E-state index in [0.717, 1.165) is 6.42 Å². The Balaban J connectivity index is 2.56. The Labute approximate surface area is 94.4 Å². The van der Waals surface area contributed by atoms with Crippen LogP contribution in [0.2, 0.25) is 0 Å². The zero-order chi connectivity index (χ0) is 12.3. The molecule has 6 heteroatoms. The first-order valence-electron chi connectivity index (χ1n) is 5.16. The van der Waals surface area contributed by atoms with Gasteiger partial charge < -0.3 is 16.0 Å². The Morgan fingerprint density at radius 2 is 2.12 bits per heavy atom. The second kappa shape index (κ2) is 4.61. The predicted molar refractivity (Wildman–Crippen MR) is 58.6 cm³/mol. The number of aromatic nitrogens is 2. The molecule has 90 valence electrons. The molecule has 0 aliphatic carbocycles. The summed E-state index contributed by atoms with van der Waals surface area (Å²) >= 11 is 0. The van der Waals surface area contributed by atoms with Gasteiger partial charge in [-0.1, -0.05) is 25.9 Å². The largest absolute Gasteiger partial charge is 0.363 e. The third kappa shape index (κ3) is 3.98. The van der Waals surface area contributed by atoms with Crippen molar-refractivity contribution < 1.29 is 9.32 Å². The van der Waals surface area contributed by atoms with E-state index in [2.05, 4.69) is 30.9 Å². The molecule has 0 spiro atoms. The summed E-state index contributed by atoms with van der Waals surface area (Å²) in [5.74, 6) is -0.442. The maximum Gasteiger partial charge on any atom is 0.290 e. The number of amides is 1. The molecular weight excluding hydrogens is 208 g/mol. The number of nitrogens with zero attached hydrogens (tertiary/aromatic N) is 2. The second-order valence-corrected chi connectivity index (χ2v) is 5.10. The van der Waals surface area contributed by atoms with Gasteiger partial charge in [-0.15, -0.1) is 0 Å². The molecule has 0 saturated heterocycles. The number of carbonyl (C=O) groups is 1. The average Bonchev–Trinajstić information content (AvgIpc) is 2.48. The van der Waals surface area contributed by atoms with E-state index in [9.17, 15) is 4.79 Å². The smallest absolute Gasteiger partial charge is 0.290 e. The Hall–Kier alpha value is -1.43. The summed E-state index contributed by atoms with van der Waals surface area (Å²) in [7, 11) is 0. The third-order valence-electron chi connectivity index (χ3n) is 2.00. The van der Waals surface area contributed by atoms with Crippen molar-refractivity contribution in [2.45, 2.75) is 39.7 Å². The van der Waals surface area contributed by atoms with E-state index >= 15 is 0 Å². The molecule has 1 aromatic heterocycles. The van der Waals surface area contributed by atoms with Crippen molar-refractivity contribution in [2.75, 3.05) is 0 Å². The summed E-state index contributed by atoms with van der Waals surface area (Å²) in [5, 5.41) is 3.45. The molecule has 1 amide bonds.